The number of carbonyl (C=O) groups excluding carboxylic acids is 1. The van der Waals surface area contributed by atoms with Gasteiger partial charge in [-0.15, -0.1) is 0 Å². The van der Waals surface area contributed by atoms with E-state index in [2.05, 4.69) is 5.32 Å². The minimum absolute atomic E-state index is 0.341. The molecular weight excluding hydrogens is 214 g/mol. The van der Waals surface area contributed by atoms with Crippen molar-refractivity contribution < 1.29 is 14.5 Å². The normalized spacial score (nSPS) is 28.2. The van der Waals surface area contributed by atoms with Crippen molar-refractivity contribution in [2.75, 3.05) is 7.11 Å². The number of carbonyl (C=O) groups is 1. The zero-order valence-corrected chi connectivity index (χ0v) is 8.97. The van der Waals surface area contributed by atoms with Crippen LogP contribution in [0.4, 0.5) is 0 Å². The van der Waals surface area contributed by atoms with Crippen molar-refractivity contribution in [1.82, 2.24) is 5.32 Å². The molecule has 0 aromatic carbocycles. The topological polar surface area (TPSA) is 107 Å². The van der Waals surface area contributed by atoms with Crippen LogP contribution in [0.1, 0.15) is 6.92 Å². The molecule has 1 amide bonds. The summed E-state index contributed by atoms with van der Waals surface area (Å²) in [5.41, 5.74) is 4.25. The first-order chi connectivity index (χ1) is 7.39. The summed E-state index contributed by atoms with van der Waals surface area (Å²) in [4.78, 5) is 21.2. The lowest BCUT2D eigenvalue weighted by Gasteiger charge is -2.30. The van der Waals surface area contributed by atoms with Crippen molar-refractivity contribution in [3.8, 4) is 0 Å². The molecular formula is C9H13N3O4. The third-order valence-corrected chi connectivity index (χ3v) is 2.19. The Balaban J connectivity index is 3.03. The Morgan fingerprint density at radius 2 is 2.38 bits per heavy atom. The maximum absolute atomic E-state index is 10.9. The molecule has 0 fully saturated rings. The highest BCUT2D eigenvalue weighted by Gasteiger charge is 2.43. The smallest absolute Gasteiger partial charge is 0.274 e. The highest BCUT2D eigenvalue weighted by atomic mass is 16.6. The van der Waals surface area contributed by atoms with Gasteiger partial charge in [0.25, 0.3) is 6.04 Å². The molecule has 0 heterocycles. The highest BCUT2D eigenvalue weighted by Crippen LogP contribution is 2.19. The Hall–Kier alpha value is -1.89. The number of methoxy groups -OCH3 is 1. The van der Waals surface area contributed by atoms with Crippen LogP contribution in [0.5, 0.6) is 0 Å². The standard InChI is InChI=1S/C9H13N3O4/c1-6(13)11-9(10)4-3-7(16-2)5-8(9)12(14)15/h3-5,8H,10H2,1-2H3,(H,11,13). The van der Waals surface area contributed by atoms with Gasteiger partial charge in [-0.25, -0.2) is 0 Å². The first-order valence-electron chi connectivity index (χ1n) is 4.55. The lowest BCUT2D eigenvalue weighted by molar-refractivity contribution is -0.519. The number of rotatable bonds is 3. The van der Waals surface area contributed by atoms with E-state index in [0.29, 0.717) is 5.76 Å². The molecule has 0 saturated heterocycles. The van der Waals surface area contributed by atoms with Gasteiger partial charge in [0.2, 0.25) is 5.91 Å². The van der Waals surface area contributed by atoms with Gasteiger partial charge in [-0.3, -0.25) is 20.6 Å². The van der Waals surface area contributed by atoms with Gasteiger partial charge in [-0.05, 0) is 12.2 Å². The number of hydrogen-bond donors (Lipinski definition) is 2. The Morgan fingerprint density at radius 1 is 1.75 bits per heavy atom. The quantitative estimate of drug-likeness (QED) is 0.384. The zero-order chi connectivity index (χ0) is 12.3. The molecule has 7 heteroatoms. The van der Waals surface area contributed by atoms with Crippen molar-refractivity contribution in [3.63, 3.8) is 0 Å². The molecule has 7 nitrogen and oxygen atoms in total. The minimum atomic E-state index is -1.52. The predicted molar refractivity (Wildman–Crippen MR) is 55.7 cm³/mol. The van der Waals surface area contributed by atoms with Crippen LogP contribution in [-0.4, -0.2) is 29.6 Å². The summed E-state index contributed by atoms with van der Waals surface area (Å²) >= 11 is 0. The Bertz CT molecular complexity index is 377. The molecule has 1 rings (SSSR count). The van der Waals surface area contributed by atoms with Gasteiger partial charge < -0.3 is 10.1 Å². The summed E-state index contributed by atoms with van der Waals surface area (Å²) in [6.07, 6.45) is 4.09. The third kappa shape index (κ3) is 2.37. The molecule has 2 unspecified atom stereocenters. The molecule has 0 saturated carbocycles. The van der Waals surface area contributed by atoms with Crippen LogP contribution in [-0.2, 0) is 9.53 Å². The van der Waals surface area contributed by atoms with Crippen molar-refractivity contribution in [2.24, 2.45) is 5.73 Å². The second-order valence-electron chi connectivity index (χ2n) is 3.45. The molecule has 1 aliphatic rings. The van der Waals surface area contributed by atoms with Crippen molar-refractivity contribution in [3.05, 3.63) is 34.1 Å². The van der Waals surface area contributed by atoms with Gasteiger partial charge in [0.1, 0.15) is 5.76 Å². The first-order valence-corrected chi connectivity index (χ1v) is 4.55. The molecule has 0 aromatic heterocycles. The fourth-order valence-corrected chi connectivity index (χ4v) is 1.46. The highest BCUT2D eigenvalue weighted by molar-refractivity contribution is 5.74. The lowest BCUT2D eigenvalue weighted by Crippen LogP contribution is -2.64. The Labute approximate surface area is 92.1 Å². The van der Waals surface area contributed by atoms with Gasteiger partial charge in [0, 0.05) is 17.9 Å². The van der Waals surface area contributed by atoms with Crippen LogP contribution in [0.15, 0.2) is 24.0 Å². The average molecular weight is 227 g/mol. The summed E-state index contributed by atoms with van der Waals surface area (Å²) in [6, 6.07) is -1.25. The fraction of sp³-hybridized carbons (Fsp3) is 0.444. The monoisotopic (exact) mass is 227 g/mol. The van der Waals surface area contributed by atoms with Crippen molar-refractivity contribution in [2.45, 2.75) is 18.6 Å². The lowest BCUT2D eigenvalue weighted by atomic mass is 9.95. The van der Waals surface area contributed by atoms with Gasteiger partial charge >= 0.3 is 0 Å². The van der Waals surface area contributed by atoms with E-state index in [1.807, 2.05) is 0 Å². The number of hydrogen-bond acceptors (Lipinski definition) is 5. The number of nitrogens with zero attached hydrogens (tertiary/aromatic N) is 1. The summed E-state index contributed by atoms with van der Waals surface area (Å²) in [5, 5.41) is 13.2. The Morgan fingerprint density at radius 3 is 2.81 bits per heavy atom. The summed E-state index contributed by atoms with van der Waals surface area (Å²) in [5.74, 6) is -0.0959. The number of ether oxygens (including phenoxy) is 1. The van der Waals surface area contributed by atoms with E-state index >= 15 is 0 Å². The Kier molecular flexibility index (Phi) is 3.28. The van der Waals surface area contributed by atoms with E-state index < -0.39 is 22.5 Å². The third-order valence-electron chi connectivity index (χ3n) is 2.19. The molecule has 16 heavy (non-hydrogen) atoms. The van der Waals surface area contributed by atoms with E-state index in [4.69, 9.17) is 10.5 Å². The minimum Gasteiger partial charge on any atom is -0.497 e. The van der Waals surface area contributed by atoms with E-state index in [1.54, 1.807) is 0 Å². The zero-order valence-electron chi connectivity index (χ0n) is 8.97. The van der Waals surface area contributed by atoms with E-state index in [-0.39, 0.29) is 0 Å². The van der Waals surface area contributed by atoms with Crippen LogP contribution < -0.4 is 11.1 Å². The largest absolute Gasteiger partial charge is 0.497 e. The molecule has 0 spiro atoms. The molecule has 0 aliphatic heterocycles. The van der Waals surface area contributed by atoms with Gasteiger partial charge in [0.15, 0.2) is 5.66 Å². The van der Waals surface area contributed by atoms with Crippen LogP contribution in [0.2, 0.25) is 0 Å². The molecule has 0 aromatic rings. The number of amides is 1. The first kappa shape index (κ1) is 12.2. The maximum Gasteiger partial charge on any atom is 0.274 e. The summed E-state index contributed by atoms with van der Waals surface area (Å²) in [6.45, 7) is 1.25. The summed E-state index contributed by atoms with van der Waals surface area (Å²) < 4.78 is 4.87. The van der Waals surface area contributed by atoms with Crippen LogP contribution in [0.3, 0.4) is 0 Å². The number of nitrogens with one attached hydrogen (secondary N) is 1. The fourth-order valence-electron chi connectivity index (χ4n) is 1.46. The SMILES string of the molecule is COC1=CC([N+](=O)[O-])C(N)(NC(C)=O)C=C1. The molecule has 88 valence electrons. The molecule has 3 N–H and O–H groups in total. The molecule has 0 radical (unpaired) electrons. The van der Waals surface area contributed by atoms with Crippen molar-refractivity contribution >= 4 is 5.91 Å². The summed E-state index contributed by atoms with van der Waals surface area (Å²) in [7, 11) is 1.40. The molecule has 1 aliphatic carbocycles. The van der Waals surface area contributed by atoms with Crippen LogP contribution in [0.25, 0.3) is 0 Å². The predicted octanol–water partition coefficient (Wildman–Crippen LogP) is -0.477. The van der Waals surface area contributed by atoms with E-state index in [9.17, 15) is 14.9 Å². The van der Waals surface area contributed by atoms with Crippen LogP contribution >= 0.6 is 0 Å². The second kappa shape index (κ2) is 4.31. The second-order valence-corrected chi connectivity index (χ2v) is 3.45. The van der Waals surface area contributed by atoms with Gasteiger partial charge in [-0.1, -0.05) is 0 Å². The van der Waals surface area contributed by atoms with Crippen molar-refractivity contribution in [1.29, 1.82) is 0 Å². The maximum atomic E-state index is 10.9. The molecule has 2 atom stereocenters. The van der Waals surface area contributed by atoms with Gasteiger partial charge in [0.05, 0.1) is 7.11 Å². The van der Waals surface area contributed by atoms with Gasteiger partial charge in [-0.2, -0.15) is 0 Å². The van der Waals surface area contributed by atoms with E-state index in [0.717, 1.165) is 0 Å². The molecule has 0 bridgehead atoms. The van der Waals surface area contributed by atoms with E-state index in [1.165, 1.54) is 32.3 Å². The average Bonchev–Trinajstić information content (AvgIpc) is 2.16. The number of nitro groups is 1. The number of nitrogens with two attached hydrogens (primary N) is 1. The van der Waals surface area contributed by atoms with Crippen LogP contribution in [0, 0.1) is 10.1 Å². The number of allylic oxidation sites excluding steroid dienone is 1.